The van der Waals surface area contributed by atoms with Gasteiger partial charge in [0.2, 0.25) is 0 Å². The number of benzene rings is 1. The van der Waals surface area contributed by atoms with Crippen LogP contribution in [0, 0.1) is 10.5 Å². The Bertz CT molecular complexity index is 546. The van der Waals surface area contributed by atoms with Crippen molar-refractivity contribution in [2.75, 3.05) is 0 Å². The number of hydrogen-bond donors (Lipinski definition) is 1. The van der Waals surface area contributed by atoms with Crippen LogP contribution in [0.1, 0.15) is 21.6 Å². The maximum atomic E-state index is 10.9. The Morgan fingerprint density at radius 3 is 2.59 bits per heavy atom. The lowest BCUT2D eigenvalue weighted by atomic mass is 10.2. The predicted molar refractivity (Wildman–Crippen MR) is 72.2 cm³/mol. The molecule has 0 aliphatic rings. The Labute approximate surface area is 112 Å². The van der Waals surface area contributed by atoms with Crippen molar-refractivity contribution in [2.24, 2.45) is 0 Å². The van der Waals surface area contributed by atoms with Crippen molar-refractivity contribution in [1.29, 1.82) is 0 Å². The third kappa shape index (κ3) is 2.66. The van der Waals surface area contributed by atoms with Crippen molar-refractivity contribution in [3.8, 4) is 0 Å². The smallest absolute Gasteiger partial charge is 0.339 e. The molecule has 2 rings (SSSR count). The lowest BCUT2D eigenvalue weighted by molar-refractivity contribution is 0.0696. The minimum atomic E-state index is -0.934. The van der Waals surface area contributed by atoms with Crippen LogP contribution in [0.5, 0.6) is 0 Å². The van der Waals surface area contributed by atoms with Gasteiger partial charge < -0.3 is 5.11 Å². The molecule has 0 aliphatic carbocycles. The van der Waals surface area contributed by atoms with Crippen molar-refractivity contribution in [2.45, 2.75) is 13.5 Å². The zero-order valence-corrected chi connectivity index (χ0v) is 11.4. The molecule has 0 amide bonds. The van der Waals surface area contributed by atoms with Crippen LogP contribution >= 0.6 is 22.6 Å². The van der Waals surface area contributed by atoms with Crippen LogP contribution in [0.4, 0.5) is 0 Å². The lowest BCUT2D eigenvalue weighted by Gasteiger charge is -2.05. The van der Waals surface area contributed by atoms with E-state index in [0.29, 0.717) is 12.2 Å². The number of carboxylic acids is 1. The number of aromatic nitrogens is 2. The van der Waals surface area contributed by atoms with Crippen LogP contribution < -0.4 is 0 Å². The lowest BCUT2D eigenvalue weighted by Crippen LogP contribution is -2.05. The van der Waals surface area contributed by atoms with Crippen molar-refractivity contribution in [3.63, 3.8) is 0 Å². The molecule has 0 spiro atoms. The molecule has 1 heterocycles. The molecule has 0 unspecified atom stereocenters. The van der Waals surface area contributed by atoms with Crippen LogP contribution in [-0.4, -0.2) is 20.9 Å². The van der Waals surface area contributed by atoms with Gasteiger partial charge in [0.25, 0.3) is 0 Å². The molecule has 4 nitrogen and oxygen atoms in total. The molecule has 17 heavy (non-hydrogen) atoms. The second-order valence-electron chi connectivity index (χ2n) is 3.73. The maximum absolute atomic E-state index is 10.9. The average Bonchev–Trinajstić information content (AvgIpc) is 2.64. The summed E-state index contributed by atoms with van der Waals surface area (Å²) in [5, 5.41) is 13.0. The second-order valence-corrected chi connectivity index (χ2v) is 4.98. The topological polar surface area (TPSA) is 55.1 Å². The summed E-state index contributed by atoms with van der Waals surface area (Å²) in [5.41, 5.74) is 2.04. The Morgan fingerprint density at radius 2 is 2.06 bits per heavy atom. The highest BCUT2D eigenvalue weighted by molar-refractivity contribution is 14.1. The van der Waals surface area contributed by atoms with Gasteiger partial charge in [-0.25, -0.2) is 4.79 Å². The van der Waals surface area contributed by atoms with Crippen LogP contribution in [0.15, 0.2) is 30.5 Å². The molecule has 0 bridgehead atoms. The van der Waals surface area contributed by atoms with E-state index in [4.69, 9.17) is 5.11 Å². The molecule has 0 saturated carbocycles. The molecule has 0 atom stereocenters. The molecule has 0 saturated heterocycles. The van der Waals surface area contributed by atoms with E-state index in [-0.39, 0.29) is 5.56 Å². The van der Waals surface area contributed by atoms with E-state index in [0.717, 1.165) is 5.56 Å². The van der Waals surface area contributed by atoms with E-state index < -0.39 is 5.97 Å². The zero-order valence-electron chi connectivity index (χ0n) is 9.22. The Morgan fingerprint density at radius 1 is 1.41 bits per heavy atom. The summed E-state index contributed by atoms with van der Waals surface area (Å²) in [5.74, 6) is -0.934. The Hall–Kier alpha value is -1.37. The first kappa shape index (κ1) is 12.1. The first-order valence-corrected chi connectivity index (χ1v) is 6.16. The maximum Gasteiger partial charge on any atom is 0.339 e. The molecule has 0 fully saturated rings. The van der Waals surface area contributed by atoms with Gasteiger partial charge in [0.15, 0.2) is 0 Å². The number of nitrogens with zero attached hydrogens (tertiary/aromatic N) is 2. The third-order valence-corrected chi connectivity index (χ3v) is 3.30. The van der Waals surface area contributed by atoms with E-state index >= 15 is 0 Å². The van der Waals surface area contributed by atoms with Gasteiger partial charge in [-0.2, -0.15) is 5.10 Å². The number of halogens is 1. The summed E-state index contributed by atoms with van der Waals surface area (Å²) in [6.45, 7) is 2.36. The van der Waals surface area contributed by atoms with Crippen LogP contribution in [0.3, 0.4) is 0 Å². The number of carbonyl (C=O) groups is 1. The number of aromatic carboxylic acids is 1. The minimum absolute atomic E-state index is 0.260. The highest BCUT2D eigenvalue weighted by Gasteiger charge is 2.12. The van der Waals surface area contributed by atoms with Gasteiger partial charge in [-0.05, 0) is 47.2 Å². The fraction of sp³-hybridized carbons (Fsp3) is 0.167. The summed E-state index contributed by atoms with van der Waals surface area (Å²) in [6, 6.07) is 8.08. The molecule has 1 aromatic carbocycles. The van der Waals surface area contributed by atoms with Crippen molar-refractivity contribution >= 4 is 28.6 Å². The minimum Gasteiger partial charge on any atom is -0.478 e. The fourth-order valence-electron chi connectivity index (χ4n) is 1.58. The molecule has 5 heteroatoms. The quantitative estimate of drug-likeness (QED) is 0.873. The molecule has 1 N–H and O–H groups in total. The van der Waals surface area contributed by atoms with Gasteiger partial charge in [-0.3, -0.25) is 4.68 Å². The van der Waals surface area contributed by atoms with E-state index in [1.807, 2.05) is 24.3 Å². The number of hydrogen-bond acceptors (Lipinski definition) is 2. The normalized spacial score (nSPS) is 10.5. The summed E-state index contributed by atoms with van der Waals surface area (Å²) >= 11 is 2.25. The van der Waals surface area contributed by atoms with E-state index in [1.165, 1.54) is 9.77 Å². The van der Waals surface area contributed by atoms with E-state index in [9.17, 15) is 4.79 Å². The van der Waals surface area contributed by atoms with Gasteiger partial charge in [-0.15, -0.1) is 0 Å². The predicted octanol–water partition coefficient (Wildman–Crippen LogP) is 2.54. The van der Waals surface area contributed by atoms with Crippen molar-refractivity contribution < 1.29 is 9.90 Å². The van der Waals surface area contributed by atoms with E-state index in [1.54, 1.807) is 11.6 Å². The zero-order chi connectivity index (χ0) is 12.4. The molecule has 88 valence electrons. The summed E-state index contributed by atoms with van der Waals surface area (Å²) < 4.78 is 2.88. The van der Waals surface area contributed by atoms with Crippen molar-refractivity contribution in [3.05, 3.63) is 50.9 Å². The second kappa shape index (κ2) is 4.87. The summed E-state index contributed by atoms with van der Waals surface area (Å²) in [6.07, 6.45) is 1.39. The van der Waals surface area contributed by atoms with Gasteiger partial charge in [0.1, 0.15) is 5.56 Å². The summed E-state index contributed by atoms with van der Waals surface area (Å²) in [4.78, 5) is 10.9. The van der Waals surface area contributed by atoms with E-state index in [2.05, 4.69) is 27.7 Å². The third-order valence-electron chi connectivity index (χ3n) is 2.58. The summed E-state index contributed by atoms with van der Waals surface area (Å²) in [7, 11) is 0. The standard InChI is InChI=1S/C12H11IN2O2/c1-8-11(12(16)17)6-14-15(8)7-9-2-4-10(13)5-3-9/h2-6H,7H2,1H3,(H,16,17). The largest absolute Gasteiger partial charge is 0.478 e. The highest BCUT2D eigenvalue weighted by atomic mass is 127. The monoisotopic (exact) mass is 342 g/mol. The molecule has 0 aliphatic heterocycles. The van der Waals surface area contributed by atoms with Crippen molar-refractivity contribution in [1.82, 2.24) is 9.78 Å². The number of carboxylic acid groups (broad SMARTS) is 1. The molecule has 1 aromatic heterocycles. The molecular formula is C12H11IN2O2. The first-order valence-electron chi connectivity index (χ1n) is 5.08. The molecule has 0 radical (unpaired) electrons. The van der Waals surface area contributed by atoms with Crippen LogP contribution in [-0.2, 0) is 6.54 Å². The molecular weight excluding hydrogens is 331 g/mol. The Balaban J connectivity index is 2.24. The first-order chi connectivity index (χ1) is 8.08. The number of rotatable bonds is 3. The van der Waals surface area contributed by atoms with Crippen LogP contribution in [0.2, 0.25) is 0 Å². The van der Waals surface area contributed by atoms with Gasteiger partial charge in [0.05, 0.1) is 18.4 Å². The highest BCUT2D eigenvalue weighted by Crippen LogP contribution is 2.11. The SMILES string of the molecule is Cc1c(C(=O)O)cnn1Cc1ccc(I)cc1. The average molecular weight is 342 g/mol. The van der Waals surface area contributed by atoms with Gasteiger partial charge in [-0.1, -0.05) is 12.1 Å². The van der Waals surface area contributed by atoms with Crippen LogP contribution in [0.25, 0.3) is 0 Å². The van der Waals surface area contributed by atoms with Gasteiger partial charge in [0, 0.05) is 3.57 Å². The Kier molecular flexibility index (Phi) is 3.46. The fourth-order valence-corrected chi connectivity index (χ4v) is 1.94. The molecule has 2 aromatic rings. The van der Waals surface area contributed by atoms with Gasteiger partial charge >= 0.3 is 5.97 Å².